The normalized spacial score (nSPS) is 12.7. The molecule has 1 unspecified atom stereocenters. The summed E-state index contributed by atoms with van der Waals surface area (Å²) < 4.78 is 0. The first-order chi connectivity index (χ1) is 8.54. The highest BCUT2D eigenvalue weighted by atomic mass is 32.1. The van der Waals surface area contributed by atoms with Gasteiger partial charge in [-0.1, -0.05) is 12.1 Å². The van der Waals surface area contributed by atoms with Crippen molar-refractivity contribution >= 4 is 11.3 Å². The molecule has 18 heavy (non-hydrogen) atoms. The summed E-state index contributed by atoms with van der Waals surface area (Å²) in [4.78, 5) is 5.49. The maximum absolute atomic E-state index is 5.75. The Morgan fingerprint density at radius 3 is 2.33 bits per heavy atom. The molecule has 0 bridgehead atoms. The Balaban J connectivity index is 2.52. The number of nitrogens with one attached hydrogen (secondary N) is 1. The van der Waals surface area contributed by atoms with E-state index in [-0.39, 0.29) is 6.04 Å². The zero-order chi connectivity index (χ0) is 13.3. The van der Waals surface area contributed by atoms with Crippen LogP contribution in [0.4, 0.5) is 0 Å². The minimum Gasteiger partial charge on any atom is -0.271 e. The van der Waals surface area contributed by atoms with Crippen molar-refractivity contribution in [2.45, 2.75) is 33.7 Å². The molecule has 96 valence electrons. The minimum absolute atomic E-state index is 0.0248. The predicted octanol–water partition coefficient (Wildman–Crippen LogP) is 2.93. The molecule has 0 saturated carbocycles. The van der Waals surface area contributed by atoms with Crippen molar-refractivity contribution in [3.8, 4) is 0 Å². The first-order valence-corrected chi connectivity index (χ1v) is 6.86. The topological polar surface area (TPSA) is 50.9 Å². The first kappa shape index (κ1) is 13.2. The van der Waals surface area contributed by atoms with Crippen LogP contribution in [0.3, 0.4) is 0 Å². The highest BCUT2D eigenvalue weighted by Gasteiger charge is 2.19. The fourth-order valence-electron chi connectivity index (χ4n) is 2.19. The van der Waals surface area contributed by atoms with E-state index in [1.54, 1.807) is 11.3 Å². The highest BCUT2D eigenvalue weighted by molar-refractivity contribution is 7.09. The number of aryl methyl sites for hydroxylation is 4. The molecule has 1 heterocycles. The van der Waals surface area contributed by atoms with Gasteiger partial charge in [0.1, 0.15) is 0 Å². The van der Waals surface area contributed by atoms with E-state index < -0.39 is 0 Å². The van der Waals surface area contributed by atoms with Crippen LogP contribution in [0.5, 0.6) is 0 Å². The van der Waals surface area contributed by atoms with Gasteiger partial charge in [0.15, 0.2) is 0 Å². The van der Waals surface area contributed by atoms with Gasteiger partial charge in [-0.15, -0.1) is 11.3 Å². The summed E-state index contributed by atoms with van der Waals surface area (Å²) in [6, 6.07) is 4.46. The van der Waals surface area contributed by atoms with Crippen LogP contribution < -0.4 is 11.3 Å². The lowest BCUT2D eigenvalue weighted by Crippen LogP contribution is -2.29. The number of hydrogen-bond acceptors (Lipinski definition) is 4. The van der Waals surface area contributed by atoms with Gasteiger partial charge >= 0.3 is 0 Å². The molecule has 0 fully saturated rings. The zero-order valence-corrected chi connectivity index (χ0v) is 12.1. The van der Waals surface area contributed by atoms with Crippen LogP contribution in [0, 0.1) is 27.7 Å². The molecular formula is C14H19N3S. The summed E-state index contributed by atoms with van der Waals surface area (Å²) >= 11 is 1.64. The van der Waals surface area contributed by atoms with Crippen LogP contribution in [0.25, 0.3) is 0 Å². The van der Waals surface area contributed by atoms with E-state index in [9.17, 15) is 0 Å². The number of hydrogen-bond donors (Lipinski definition) is 2. The van der Waals surface area contributed by atoms with E-state index in [1.807, 2.05) is 12.4 Å². The summed E-state index contributed by atoms with van der Waals surface area (Å²) in [6.07, 6.45) is 0. The Morgan fingerprint density at radius 2 is 1.78 bits per heavy atom. The molecule has 4 heteroatoms. The van der Waals surface area contributed by atoms with Gasteiger partial charge in [0.25, 0.3) is 0 Å². The van der Waals surface area contributed by atoms with Gasteiger partial charge in [0, 0.05) is 0 Å². The number of rotatable bonds is 3. The lowest BCUT2D eigenvalue weighted by atomic mass is 9.95. The van der Waals surface area contributed by atoms with Crippen LogP contribution in [0.15, 0.2) is 17.6 Å². The molecule has 3 nitrogen and oxygen atoms in total. The van der Waals surface area contributed by atoms with Gasteiger partial charge in [-0.3, -0.25) is 5.84 Å². The highest BCUT2D eigenvalue weighted by Crippen LogP contribution is 2.30. The zero-order valence-electron chi connectivity index (χ0n) is 11.2. The average molecular weight is 261 g/mol. The first-order valence-electron chi connectivity index (χ1n) is 5.98. The van der Waals surface area contributed by atoms with Gasteiger partial charge in [0.2, 0.25) is 0 Å². The third-order valence-corrected chi connectivity index (χ3v) is 4.40. The molecule has 0 aliphatic heterocycles. The predicted molar refractivity (Wildman–Crippen MR) is 76.7 cm³/mol. The number of nitrogens with two attached hydrogens (primary N) is 1. The summed E-state index contributed by atoms with van der Waals surface area (Å²) in [5.74, 6) is 5.75. The second kappa shape index (κ2) is 5.18. The van der Waals surface area contributed by atoms with Crippen molar-refractivity contribution in [1.29, 1.82) is 0 Å². The molecule has 2 rings (SSSR count). The quantitative estimate of drug-likeness (QED) is 0.660. The van der Waals surface area contributed by atoms with Crippen LogP contribution in [0.1, 0.15) is 38.9 Å². The number of benzene rings is 1. The Labute approximate surface area is 112 Å². The Bertz CT molecular complexity index is 560. The van der Waals surface area contributed by atoms with Crippen molar-refractivity contribution in [3.63, 3.8) is 0 Å². The van der Waals surface area contributed by atoms with Crippen molar-refractivity contribution in [2.75, 3.05) is 0 Å². The number of nitrogens with zero attached hydrogens (tertiary/aromatic N) is 1. The molecule has 1 aromatic carbocycles. The fourth-order valence-corrected chi connectivity index (χ4v) is 3.07. The molecule has 0 aliphatic carbocycles. The van der Waals surface area contributed by atoms with Crippen LogP contribution >= 0.6 is 11.3 Å². The maximum Gasteiger partial charge on any atom is 0.0823 e. The van der Waals surface area contributed by atoms with E-state index in [1.165, 1.54) is 27.1 Å². The second-order valence-electron chi connectivity index (χ2n) is 4.69. The van der Waals surface area contributed by atoms with Gasteiger partial charge < -0.3 is 0 Å². The number of thiazole rings is 1. The lowest BCUT2D eigenvalue weighted by Gasteiger charge is -2.19. The maximum atomic E-state index is 5.75. The number of hydrazine groups is 1. The molecular weight excluding hydrogens is 242 g/mol. The Hall–Kier alpha value is -1.23. The van der Waals surface area contributed by atoms with Gasteiger partial charge in [0.05, 0.1) is 22.1 Å². The minimum atomic E-state index is 0.0248. The summed E-state index contributed by atoms with van der Waals surface area (Å²) in [5, 5.41) is 0. The van der Waals surface area contributed by atoms with E-state index in [4.69, 9.17) is 5.84 Å². The van der Waals surface area contributed by atoms with E-state index in [2.05, 4.69) is 43.3 Å². The molecule has 0 saturated heterocycles. The van der Waals surface area contributed by atoms with Gasteiger partial charge in [-0.25, -0.2) is 10.4 Å². The molecule has 0 aliphatic rings. The van der Waals surface area contributed by atoms with Crippen LogP contribution in [-0.2, 0) is 0 Å². The Kier molecular flexibility index (Phi) is 3.80. The monoisotopic (exact) mass is 261 g/mol. The molecule has 0 spiro atoms. The van der Waals surface area contributed by atoms with E-state index in [0.717, 1.165) is 5.69 Å². The summed E-state index contributed by atoms with van der Waals surface area (Å²) in [5.41, 5.74) is 10.9. The summed E-state index contributed by atoms with van der Waals surface area (Å²) in [7, 11) is 0. The lowest BCUT2D eigenvalue weighted by molar-refractivity contribution is 0.638. The van der Waals surface area contributed by atoms with Gasteiger partial charge in [-0.2, -0.15) is 0 Å². The molecule has 0 amide bonds. The largest absolute Gasteiger partial charge is 0.271 e. The van der Waals surface area contributed by atoms with Crippen molar-refractivity contribution in [1.82, 2.24) is 10.4 Å². The SMILES string of the molecule is Cc1cc(C)c(C(NN)c2scnc2C)cc1C. The third-order valence-electron chi connectivity index (χ3n) is 3.40. The molecule has 3 N–H and O–H groups in total. The van der Waals surface area contributed by atoms with Crippen molar-refractivity contribution < 1.29 is 0 Å². The van der Waals surface area contributed by atoms with Crippen LogP contribution in [0.2, 0.25) is 0 Å². The molecule has 0 radical (unpaired) electrons. The smallest absolute Gasteiger partial charge is 0.0823 e. The van der Waals surface area contributed by atoms with Crippen molar-refractivity contribution in [3.05, 3.63) is 50.5 Å². The van der Waals surface area contributed by atoms with E-state index in [0.29, 0.717) is 0 Å². The fraction of sp³-hybridized carbons (Fsp3) is 0.357. The standard InChI is InChI=1S/C14H19N3S/c1-8-5-10(3)12(6-9(8)2)13(17-15)14-11(4)16-7-18-14/h5-7,13,17H,15H2,1-4H3. The van der Waals surface area contributed by atoms with Crippen LogP contribution in [-0.4, -0.2) is 4.98 Å². The Morgan fingerprint density at radius 1 is 1.11 bits per heavy atom. The third kappa shape index (κ3) is 2.32. The molecule has 2 aromatic rings. The summed E-state index contributed by atoms with van der Waals surface area (Å²) in [6.45, 7) is 8.41. The van der Waals surface area contributed by atoms with Gasteiger partial charge in [-0.05, 0) is 49.9 Å². The number of aromatic nitrogens is 1. The second-order valence-corrected chi connectivity index (χ2v) is 5.58. The molecule has 1 aromatic heterocycles. The average Bonchev–Trinajstić information content (AvgIpc) is 2.73. The molecule has 1 atom stereocenters. The van der Waals surface area contributed by atoms with Crippen molar-refractivity contribution in [2.24, 2.45) is 5.84 Å². The van der Waals surface area contributed by atoms with E-state index >= 15 is 0 Å².